The fraction of sp³-hybridized carbons (Fsp3) is 0.167. The van der Waals surface area contributed by atoms with Crippen molar-refractivity contribution in [3.63, 3.8) is 0 Å². The molecule has 3 N–H and O–H groups in total. The maximum absolute atomic E-state index is 12.3. The lowest BCUT2D eigenvalue weighted by molar-refractivity contribution is 0.0786. The van der Waals surface area contributed by atoms with E-state index in [0.29, 0.717) is 22.9 Å². The van der Waals surface area contributed by atoms with Crippen molar-refractivity contribution in [1.82, 2.24) is 9.88 Å². The third-order valence-electron chi connectivity index (χ3n) is 2.59. The zero-order valence-corrected chi connectivity index (χ0v) is 13.7. The summed E-state index contributed by atoms with van der Waals surface area (Å²) >= 11 is 10.9. The second kappa shape index (κ2) is 6.53. The average molecular weight is 376 g/mol. The Hall–Kier alpha value is -1.15. The Morgan fingerprint density at radius 2 is 2.35 bits per heavy atom. The molecule has 0 saturated carbocycles. The van der Waals surface area contributed by atoms with Gasteiger partial charge >= 0.3 is 0 Å². The van der Waals surface area contributed by atoms with Gasteiger partial charge in [-0.25, -0.2) is 10.8 Å². The number of hydrazine groups is 1. The number of anilines is 1. The molecule has 0 bridgehead atoms. The van der Waals surface area contributed by atoms with Gasteiger partial charge in [-0.1, -0.05) is 11.6 Å². The first kappa shape index (κ1) is 15.2. The molecule has 0 aromatic carbocycles. The van der Waals surface area contributed by atoms with Crippen LogP contribution < -0.4 is 11.3 Å². The molecule has 106 valence electrons. The number of nitrogens with one attached hydrogen (secondary N) is 1. The Bertz CT molecular complexity index is 634. The van der Waals surface area contributed by atoms with Gasteiger partial charge in [-0.05, 0) is 28.1 Å². The van der Waals surface area contributed by atoms with E-state index >= 15 is 0 Å². The Balaban J connectivity index is 2.12. The summed E-state index contributed by atoms with van der Waals surface area (Å²) in [7, 11) is 1.74. The predicted octanol–water partition coefficient (Wildman–Crippen LogP) is 3.12. The molecule has 0 unspecified atom stereocenters. The summed E-state index contributed by atoms with van der Waals surface area (Å²) in [6, 6.07) is 3.54. The number of carbonyl (C=O) groups excluding carboxylic acids is 1. The lowest BCUT2D eigenvalue weighted by atomic mass is 10.2. The number of rotatable bonds is 4. The van der Waals surface area contributed by atoms with Gasteiger partial charge in [0.05, 0.1) is 17.1 Å². The molecule has 0 spiro atoms. The lowest BCUT2D eigenvalue weighted by Gasteiger charge is -2.16. The highest BCUT2D eigenvalue weighted by molar-refractivity contribution is 9.10. The summed E-state index contributed by atoms with van der Waals surface area (Å²) in [5.41, 5.74) is 2.78. The molecule has 2 aromatic heterocycles. The van der Waals surface area contributed by atoms with E-state index in [4.69, 9.17) is 17.4 Å². The molecule has 2 aromatic rings. The minimum Gasteiger partial charge on any atom is -0.337 e. The van der Waals surface area contributed by atoms with Gasteiger partial charge < -0.3 is 10.3 Å². The van der Waals surface area contributed by atoms with Crippen LogP contribution in [0.25, 0.3) is 0 Å². The molecule has 0 aliphatic carbocycles. The number of hydrogen-bond donors (Lipinski definition) is 2. The quantitative estimate of drug-likeness (QED) is 0.636. The highest BCUT2D eigenvalue weighted by atomic mass is 79.9. The molecule has 0 saturated heterocycles. The molecule has 0 atom stereocenters. The molecule has 0 fully saturated rings. The molecule has 5 nitrogen and oxygen atoms in total. The van der Waals surface area contributed by atoms with Crippen molar-refractivity contribution in [3.05, 3.63) is 43.6 Å². The van der Waals surface area contributed by atoms with Crippen molar-refractivity contribution in [2.75, 3.05) is 12.5 Å². The fourth-order valence-corrected chi connectivity index (χ4v) is 3.35. The number of nitrogen functional groups attached to an aromatic ring is 1. The van der Waals surface area contributed by atoms with Gasteiger partial charge in [0.15, 0.2) is 5.82 Å². The van der Waals surface area contributed by atoms with E-state index in [-0.39, 0.29) is 5.91 Å². The van der Waals surface area contributed by atoms with E-state index in [1.165, 1.54) is 6.20 Å². The molecular formula is C12H12BrClN4OS. The molecule has 20 heavy (non-hydrogen) atoms. The van der Waals surface area contributed by atoms with E-state index in [2.05, 4.69) is 26.3 Å². The van der Waals surface area contributed by atoms with Crippen LogP contribution in [0.5, 0.6) is 0 Å². The minimum absolute atomic E-state index is 0.146. The third-order valence-corrected chi connectivity index (χ3v) is 4.56. The number of thiophene rings is 1. The largest absolute Gasteiger partial charge is 0.337 e. The highest BCUT2D eigenvalue weighted by Gasteiger charge is 2.15. The summed E-state index contributed by atoms with van der Waals surface area (Å²) in [6.07, 6.45) is 1.45. The van der Waals surface area contributed by atoms with Crippen LogP contribution in [0.1, 0.15) is 15.2 Å². The van der Waals surface area contributed by atoms with Crippen LogP contribution in [0.15, 0.2) is 28.2 Å². The van der Waals surface area contributed by atoms with Gasteiger partial charge in [0.25, 0.3) is 5.91 Å². The molecule has 2 heterocycles. The Kier molecular flexibility index (Phi) is 4.98. The van der Waals surface area contributed by atoms with Crippen molar-refractivity contribution < 1.29 is 4.79 Å². The maximum Gasteiger partial charge on any atom is 0.255 e. The number of nitrogens with two attached hydrogens (primary N) is 1. The highest BCUT2D eigenvalue weighted by Crippen LogP contribution is 2.23. The van der Waals surface area contributed by atoms with Gasteiger partial charge in [-0.15, -0.1) is 11.3 Å². The van der Waals surface area contributed by atoms with Crippen LogP contribution in [0.4, 0.5) is 5.82 Å². The second-order valence-electron chi connectivity index (χ2n) is 4.09. The van der Waals surface area contributed by atoms with Crippen LogP contribution in [-0.2, 0) is 6.54 Å². The van der Waals surface area contributed by atoms with Gasteiger partial charge in [-0.2, -0.15) is 0 Å². The summed E-state index contributed by atoms with van der Waals surface area (Å²) in [5.74, 6) is 5.44. The van der Waals surface area contributed by atoms with Crippen molar-refractivity contribution >= 4 is 50.6 Å². The third kappa shape index (κ3) is 3.49. The van der Waals surface area contributed by atoms with Gasteiger partial charge in [0.1, 0.15) is 0 Å². The Labute approximate surface area is 133 Å². The first-order valence-electron chi connectivity index (χ1n) is 5.62. The molecule has 0 radical (unpaired) electrons. The predicted molar refractivity (Wildman–Crippen MR) is 84.9 cm³/mol. The summed E-state index contributed by atoms with van der Waals surface area (Å²) < 4.78 is 1.02. The van der Waals surface area contributed by atoms with Crippen molar-refractivity contribution in [1.29, 1.82) is 0 Å². The number of hydrogen-bond acceptors (Lipinski definition) is 5. The lowest BCUT2D eigenvalue weighted by Crippen LogP contribution is -2.26. The summed E-state index contributed by atoms with van der Waals surface area (Å²) in [5, 5.41) is 2.29. The van der Waals surface area contributed by atoms with Crippen LogP contribution in [0, 0.1) is 0 Å². The number of pyridine rings is 1. The standard InChI is InChI=1S/C12H12BrClN4OS/c1-18(5-9-3-8(13)6-20-9)12(19)7-2-10(14)11(17-15)16-4-7/h2-4,6H,5,15H2,1H3,(H,16,17). The number of nitrogens with zero attached hydrogens (tertiary/aromatic N) is 2. The van der Waals surface area contributed by atoms with Gasteiger partial charge in [-0.3, -0.25) is 4.79 Å². The normalized spacial score (nSPS) is 10.4. The Morgan fingerprint density at radius 3 is 2.90 bits per heavy atom. The number of aromatic nitrogens is 1. The smallest absolute Gasteiger partial charge is 0.255 e. The average Bonchev–Trinajstić information content (AvgIpc) is 2.83. The zero-order chi connectivity index (χ0) is 14.7. The number of carbonyl (C=O) groups is 1. The maximum atomic E-state index is 12.3. The molecular weight excluding hydrogens is 364 g/mol. The molecule has 1 amide bonds. The van der Waals surface area contributed by atoms with E-state index in [1.54, 1.807) is 29.4 Å². The molecule has 0 aliphatic rings. The van der Waals surface area contributed by atoms with Crippen LogP contribution in [-0.4, -0.2) is 22.8 Å². The monoisotopic (exact) mass is 374 g/mol. The van der Waals surface area contributed by atoms with Gasteiger partial charge in [0, 0.05) is 28.0 Å². The van der Waals surface area contributed by atoms with Crippen molar-refractivity contribution in [2.45, 2.75) is 6.54 Å². The minimum atomic E-state index is -0.146. The van der Waals surface area contributed by atoms with Crippen LogP contribution in [0.3, 0.4) is 0 Å². The first-order chi connectivity index (χ1) is 9.51. The molecule has 0 aliphatic heterocycles. The van der Waals surface area contributed by atoms with Gasteiger partial charge in [0.2, 0.25) is 0 Å². The SMILES string of the molecule is CN(Cc1cc(Br)cs1)C(=O)c1cnc(NN)c(Cl)c1. The van der Waals surface area contributed by atoms with Crippen molar-refractivity contribution in [3.8, 4) is 0 Å². The number of halogens is 2. The van der Waals surface area contributed by atoms with E-state index in [9.17, 15) is 4.79 Å². The summed E-state index contributed by atoms with van der Waals surface area (Å²) in [6.45, 7) is 0.531. The summed E-state index contributed by atoms with van der Waals surface area (Å²) in [4.78, 5) is 19.0. The fourth-order valence-electron chi connectivity index (χ4n) is 1.62. The van der Waals surface area contributed by atoms with Crippen molar-refractivity contribution in [2.24, 2.45) is 5.84 Å². The number of amides is 1. The first-order valence-corrected chi connectivity index (χ1v) is 7.67. The van der Waals surface area contributed by atoms with E-state index in [0.717, 1.165) is 9.35 Å². The van der Waals surface area contributed by atoms with E-state index in [1.807, 2.05) is 11.4 Å². The molecule has 8 heteroatoms. The second-order valence-corrected chi connectivity index (χ2v) is 6.41. The topological polar surface area (TPSA) is 71.2 Å². The molecule has 2 rings (SSSR count). The van der Waals surface area contributed by atoms with E-state index < -0.39 is 0 Å². The van der Waals surface area contributed by atoms with Crippen LogP contribution >= 0.6 is 38.9 Å². The Morgan fingerprint density at radius 1 is 1.60 bits per heavy atom. The van der Waals surface area contributed by atoms with Crippen LogP contribution in [0.2, 0.25) is 5.02 Å². The zero-order valence-electron chi connectivity index (χ0n) is 10.6.